The van der Waals surface area contributed by atoms with Gasteiger partial charge in [0.2, 0.25) is 11.9 Å². The maximum absolute atomic E-state index is 9.34. The largest absolute Gasteiger partial charge is 0.464 e. The number of aliphatic hydroxyl groups excluding tert-OH is 1. The lowest BCUT2D eigenvalue weighted by Crippen LogP contribution is -2.45. The van der Waals surface area contributed by atoms with E-state index >= 15 is 0 Å². The van der Waals surface area contributed by atoms with E-state index in [0.717, 1.165) is 0 Å². The molecule has 0 saturated carbocycles. The molecule has 1 aromatic heterocycles. The summed E-state index contributed by atoms with van der Waals surface area (Å²) in [5.41, 5.74) is 1.86. The van der Waals surface area contributed by atoms with Crippen molar-refractivity contribution in [1.29, 1.82) is 0 Å². The molecule has 0 unspecified atom stereocenters. The fourth-order valence-corrected chi connectivity index (χ4v) is 1.13. The highest BCUT2D eigenvalue weighted by molar-refractivity contribution is 5.39. The number of nitrogens with one attached hydrogen (secondary N) is 1. The van der Waals surface area contributed by atoms with Crippen molar-refractivity contribution in [3.63, 3.8) is 0 Å². The van der Waals surface area contributed by atoms with Gasteiger partial charge in [0, 0.05) is 7.05 Å². The molecule has 102 valence electrons. The lowest BCUT2D eigenvalue weighted by atomic mass is 10.1. The molecule has 0 bridgehead atoms. The summed E-state index contributed by atoms with van der Waals surface area (Å²) in [6.45, 7) is 5.98. The number of aromatic nitrogens is 3. The minimum absolute atomic E-state index is 0.0372. The Morgan fingerprint density at radius 2 is 2.06 bits per heavy atom. The number of aliphatic hydroxyl groups is 1. The van der Waals surface area contributed by atoms with Gasteiger partial charge >= 0.3 is 6.01 Å². The van der Waals surface area contributed by atoms with E-state index in [-0.39, 0.29) is 18.6 Å². The van der Waals surface area contributed by atoms with Gasteiger partial charge in [0.15, 0.2) is 0 Å². The molecule has 0 radical (unpaired) electrons. The van der Waals surface area contributed by atoms with E-state index in [2.05, 4.69) is 20.4 Å². The molecule has 0 spiro atoms. The highest BCUT2D eigenvalue weighted by Crippen LogP contribution is 2.20. The third-order valence-corrected chi connectivity index (χ3v) is 2.60. The summed E-state index contributed by atoms with van der Waals surface area (Å²) >= 11 is 0. The SMILES string of the molecule is CCOc1nc(NN)nc(N(C)C(C)(C)CO)n1. The van der Waals surface area contributed by atoms with Gasteiger partial charge in [-0.1, -0.05) is 0 Å². The molecule has 1 heterocycles. The van der Waals surface area contributed by atoms with E-state index in [1.54, 1.807) is 11.9 Å². The van der Waals surface area contributed by atoms with Crippen LogP contribution in [0.5, 0.6) is 6.01 Å². The Hall–Kier alpha value is -1.67. The second-order valence-electron chi connectivity index (χ2n) is 4.35. The van der Waals surface area contributed by atoms with E-state index < -0.39 is 5.54 Å². The molecule has 1 aromatic rings. The summed E-state index contributed by atoms with van der Waals surface area (Å²) in [5, 5.41) is 9.34. The summed E-state index contributed by atoms with van der Waals surface area (Å²) in [5.74, 6) is 5.89. The molecule has 0 aliphatic rings. The number of rotatable bonds is 6. The Morgan fingerprint density at radius 1 is 1.39 bits per heavy atom. The van der Waals surface area contributed by atoms with Crippen molar-refractivity contribution >= 4 is 11.9 Å². The van der Waals surface area contributed by atoms with Gasteiger partial charge in [0.1, 0.15) is 0 Å². The number of ether oxygens (including phenoxy) is 1. The monoisotopic (exact) mass is 256 g/mol. The number of nitrogen functional groups attached to an aromatic ring is 1. The van der Waals surface area contributed by atoms with Gasteiger partial charge in [-0.15, -0.1) is 0 Å². The topological polar surface area (TPSA) is 109 Å². The molecule has 18 heavy (non-hydrogen) atoms. The van der Waals surface area contributed by atoms with E-state index in [9.17, 15) is 5.11 Å². The Balaban J connectivity index is 3.11. The van der Waals surface area contributed by atoms with Gasteiger partial charge < -0.3 is 14.7 Å². The lowest BCUT2D eigenvalue weighted by Gasteiger charge is -2.33. The second-order valence-corrected chi connectivity index (χ2v) is 4.35. The van der Waals surface area contributed by atoms with Crippen molar-refractivity contribution in [3.05, 3.63) is 0 Å². The van der Waals surface area contributed by atoms with Crippen molar-refractivity contribution in [2.75, 3.05) is 30.6 Å². The quantitative estimate of drug-likeness (QED) is 0.472. The summed E-state index contributed by atoms with van der Waals surface area (Å²) in [6.07, 6.45) is 0. The first-order valence-electron chi connectivity index (χ1n) is 5.64. The fourth-order valence-electron chi connectivity index (χ4n) is 1.13. The Labute approximate surface area is 106 Å². The van der Waals surface area contributed by atoms with Crippen molar-refractivity contribution in [3.8, 4) is 6.01 Å². The molecule has 0 atom stereocenters. The molecule has 1 rings (SSSR count). The third-order valence-electron chi connectivity index (χ3n) is 2.60. The van der Waals surface area contributed by atoms with Gasteiger partial charge in [-0.25, -0.2) is 5.84 Å². The predicted octanol–water partition coefficient (Wildman–Crippen LogP) is -0.237. The maximum atomic E-state index is 9.34. The predicted molar refractivity (Wildman–Crippen MR) is 68.4 cm³/mol. The molecule has 0 aliphatic heterocycles. The smallest absolute Gasteiger partial charge is 0.323 e. The van der Waals surface area contributed by atoms with Crippen LogP contribution in [0.4, 0.5) is 11.9 Å². The number of hydrazine groups is 1. The van der Waals surface area contributed by atoms with Gasteiger partial charge in [0.05, 0.1) is 18.8 Å². The molecule has 0 saturated heterocycles. The van der Waals surface area contributed by atoms with Crippen LogP contribution in [-0.2, 0) is 0 Å². The zero-order chi connectivity index (χ0) is 13.8. The van der Waals surface area contributed by atoms with Crippen LogP contribution in [0.3, 0.4) is 0 Å². The van der Waals surface area contributed by atoms with Crippen LogP contribution >= 0.6 is 0 Å². The molecule has 0 amide bonds. The van der Waals surface area contributed by atoms with E-state index in [4.69, 9.17) is 10.6 Å². The second kappa shape index (κ2) is 5.78. The van der Waals surface area contributed by atoms with E-state index in [1.165, 1.54) is 0 Å². The zero-order valence-corrected chi connectivity index (χ0v) is 11.1. The van der Waals surface area contributed by atoms with Crippen LogP contribution in [0.15, 0.2) is 0 Å². The number of nitrogens with zero attached hydrogens (tertiary/aromatic N) is 4. The van der Waals surface area contributed by atoms with Crippen molar-refractivity contribution in [2.24, 2.45) is 5.84 Å². The summed E-state index contributed by atoms with van der Waals surface area (Å²) in [6, 6.07) is 0.191. The van der Waals surface area contributed by atoms with Crippen molar-refractivity contribution < 1.29 is 9.84 Å². The third kappa shape index (κ3) is 3.17. The molecule has 0 fully saturated rings. The molecular formula is C10H20N6O2. The first-order chi connectivity index (χ1) is 8.44. The Kier molecular flexibility index (Phi) is 4.62. The first-order valence-corrected chi connectivity index (χ1v) is 5.64. The fraction of sp³-hybridized carbons (Fsp3) is 0.700. The highest BCUT2D eigenvalue weighted by Gasteiger charge is 2.25. The number of hydrogen-bond donors (Lipinski definition) is 3. The number of anilines is 2. The van der Waals surface area contributed by atoms with Crippen LogP contribution in [0.25, 0.3) is 0 Å². The number of nitrogens with two attached hydrogens (primary N) is 1. The molecule has 4 N–H and O–H groups in total. The first kappa shape index (κ1) is 14.4. The van der Waals surface area contributed by atoms with Crippen LogP contribution in [-0.4, -0.2) is 45.9 Å². The minimum Gasteiger partial charge on any atom is -0.464 e. The van der Waals surface area contributed by atoms with Gasteiger partial charge in [-0.2, -0.15) is 15.0 Å². The van der Waals surface area contributed by atoms with E-state index in [0.29, 0.717) is 12.6 Å². The average molecular weight is 256 g/mol. The van der Waals surface area contributed by atoms with Crippen LogP contribution in [0, 0.1) is 0 Å². The van der Waals surface area contributed by atoms with Crippen LogP contribution < -0.4 is 20.9 Å². The summed E-state index contributed by atoms with van der Waals surface area (Å²) in [4.78, 5) is 14.0. The average Bonchev–Trinajstić information content (AvgIpc) is 2.37. The normalized spacial score (nSPS) is 11.2. The molecule has 8 heteroatoms. The minimum atomic E-state index is -0.503. The zero-order valence-electron chi connectivity index (χ0n) is 11.1. The maximum Gasteiger partial charge on any atom is 0.323 e. The van der Waals surface area contributed by atoms with Gasteiger partial charge in [0.25, 0.3) is 0 Å². The van der Waals surface area contributed by atoms with Crippen LogP contribution in [0.2, 0.25) is 0 Å². The van der Waals surface area contributed by atoms with Crippen molar-refractivity contribution in [2.45, 2.75) is 26.3 Å². The van der Waals surface area contributed by atoms with Gasteiger partial charge in [-0.3, -0.25) is 5.43 Å². The van der Waals surface area contributed by atoms with Gasteiger partial charge in [-0.05, 0) is 20.8 Å². The molecule has 0 aliphatic carbocycles. The highest BCUT2D eigenvalue weighted by atomic mass is 16.5. The summed E-state index contributed by atoms with van der Waals surface area (Å²) in [7, 11) is 1.78. The van der Waals surface area contributed by atoms with E-state index in [1.807, 2.05) is 20.8 Å². The van der Waals surface area contributed by atoms with Crippen molar-refractivity contribution in [1.82, 2.24) is 15.0 Å². The Bertz CT molecular complexity index is 398. The molecular weight excluding hydrogens is 236 g/mol. The summed E-state index contributed by atoms with van der Waals surface area (Å²) < 4.78 is 5.24. The molecule has 0 aromatic carbocycles. The Morgan fingerprint density at radius 3 is 2.56 bits per heavy atom. The standard InChI is InChI=1S/C10H20N6O2/c1-5-18-9-13-7(15-11)12-8(14-9)16(4)10(2,3)6-17/h17H,5-6,11H2,1-4H3,(H,12,13,14,15). The molecule has 8 nitrogen and oxygen atoms in total. The number of hydrogen-bond acceptors (Lipinski definition) is 8. The van der Waals surface area contributed by atoms with Crippen LogP contribution in [0.1, 0.15) is 20.8 Å². The lowest BCUT2D eigenvalue weighted by molar-refractivity contribution is 0.214. The number of likely N-dealkylation sites (N-methyl/N-ethyl adjacent to an activating group) is 1.